The van der Waals surface area contributed by atoms with E-state index >= 15 is 0 Å². The van der Waals surface area contributed by atoms with Crippen molar-refractivity contribution in [1.29, 1.82) is 0 Å². The van der Waals surface area contributed by atoms with Crippen LogP contribution in [0.4, 0.5) is 9.09 Å². The van der Waals surface area contributed by atoms with E-state index in [-0.39, 0.29) is 16.1 Å². The number of ether oxygens (including phenoxy) is 1. The second-order valence-electron chi connectivity index (χ2n) is 4.89. The van der Waals surface area contributed by atoms with Gasteiger partial charge in [0.1, 0.15) is 11.9 Å². The standard InChI is InChI=1S/C11H15FO.C7H4O.FH/c1-11(2,3)13-8-9-5-4-6-10(12)7-9;1-2-3-4-5-6-7-8;/h4-7H,8H2,1-3H3;8H,1H3;1H. The molecule has 1 N–H and O–H groups in total. The molecule has 0 aliphatic carbocycles. The maximum Gasteiger partial charge on any atom is 0.123 e. The number of aliphatic hydroxyl groups is 1. The summed E-state index contributed by atoms with van der Waals surface area (Å²) in [5.74, 6) is 11.6. The maximum atomic E-state index is 12.7. The minimum absolute atomic E-state index is 0. The highest BCUT2D eigenvalue weighted by atomic mass is 19.1. The van der Waals surface area contributed by atoms with Crippen molar-refractivity contribution >= 4 is 0 Å². The quantitative estimate of drug-likeness (QED) is 0.845. The van der Waals surface area contributed by atoms with Crippen LogP contribution in [0, 0.1) is 41.5 Å². The normalized spacial score (nSPS) is 8.23. The van der Waals surface area contributed by atoms with Crippen molar-refractivity contribution in [3.8, 4) is 35.7 Å². The summed E-state index contributed by atoms with van der Waals surface area (Å²) in [7, 11) is 0. The molecule has 0 saturated heterocycles. The third-order valence-corrected chi connectivity index (χ3v) is 1.93. The predicted octanol–water partition coefficient (Wildman–Crippen LogP) is 3.64. The van der Waals surface area contributed by atoms with E-state index in [4.69, 9.17) is 9.84 Å². The zero-order valence-electron chi connectivity index (χ0n) is 13.2. The summed E-state index contributed by atoms with van der Waals surface area (Å²) in [5, 5.41) is 7.85. The Balaban J connectivity index is 0. The third-order valence-electron chi connectivity index (χ3n) is 1.93. The maximum absolute atomic E-state index is 12.7. The molecule has 0 atom stereocenters. The van der Waals surface area contributed by atoms with E-state index in [0.717, 1.165) is 5.56 Å². The van der Waals surface area contributed by atoms with Gasteiger partial charge in [-0.2, -0.15) is 0 Å². The average Bonchev–Trinajstić information content (AvgIpc) is 2.42. The van der Waals surface area contributed by atoms with Crippen LogP contribution in [0.3, 0.4) is 0 Å². The van der Waals surface area contributed by atoms with E-state index < -0.39 is 0 Å². The SMILES string of the molecule is CC#CC#CC#CO.CC(C)(C)OCc1cccc(F)c1.F. The summed E-state index contributed by atoms with van der Waals surface area (Å²) in [6.07, 6.45) is 1.64. The first kappa shape index (κ1) is 21.8. The average molecular weight is 306 g/mol. The van der Waals surface area contributed by atoms with Gasteiger partial charge in [0.25, 0.3) is 0 Å². The molecule has 0 amide bonds. The fourth-order valence-corrected chi connectivity index (χ4v) is 1.08. The lowest BCUT2D eigenvalue weighted by Gasteiger charge is -2.19. The van der Waals surface area contributed by atoms with Crippen LogP contribution in [-0.2, 0) is 11.3 Å². The van der Waals surface area contributed by atoms with Crippen LogP contribution in [0.5, 0.6) is 0 Å². The van der Waals surface area contributed by atoms with E-state index in [1.165, 1.54) is 12.1 Å². The first-order valence-electron chi connectivity index (χ1n) is 6.33. The molecule has 22 heavy (non-hydrogen) atoms. The smallest absolute Gasteiger partial charge is 0.123 e. The second-order valence-corrected chi connectivity index (χ2v) is 4.89. The Morgan fingerprint density at radius 2 is 1.77 bits per heavy atom. The Morgan fingerprint density at radius 1 is 1.14 bits per heavy atom. The van der Waals surface area contributed by atoms with Crippen molar-refractivity contribution < 1.29 is 18.9 Å². The van der Waals surface area contributed by atoms with Crippen LogP contribution < -0.4 is 0 Å². The summed E-state index contributed by atoms with van der Waals surface area (Å²) in [6, 6.07) is 6.47. The largest absolute Gasteiger partial charge is 0.461 e. The Kier molecular flexibility index (Phi) is 12.2. The number of benzene rings is 1. The molecule has 4 heteroatoms. The van der Waals surface area contributed by atoms with Crippen LogP contribution in [0.1, 0.15) is 33.3 Å². The molecular weight excluding hydrogens is 286 g/mol. The van der Waals surface area contributed by atoms with Crippen LogP contribution in [-0.4, -0.2) is 10.7 Å². The van der Waals surface area contributed by atoms with Gasteiger partial charge in [0.2, 0.25) is 0 Å². The highest BCUT2D eigenvalue weighted by Gasteiger charge is 2.09. The van der Waals surface area contributed by atoms with Crippen molar-refractivity contribution in [3.05, 3.63) is 35.6 Å². The fraction of sp³-hybridized carbons (Fsp3) is 0.333. The zero-order chi connectivity index (χ0) is 16.1. The van der Waals surface area contributed by atoms with Gasteiger partial charge in [-0.25, -0.2) is 4.39 Å². The predicted molar refractivity (Wildman–Crippen MR) is 84.4 cm³/mol. The summed E-state index contributed by atoms with van der Waals surface area (Å²) < 4.78 is 18.2. The molecule has 0 aliphatic rings. The van der Waals surface area contributed by atoms with Gasteiger partial charge in [0.05, 0.1) is 12.2 Å². The summed E-state index contributed by atoms with van der Waals surface area (Å²) in [6.45, 7) is 8.08. The van der Waals surface area contributed by atoms with Gasteiger partial charge >= 0.3 is 0 Å². The third kappa shape index (κ3) is 13.9. The van der Waals surface area contributed by atoms with E-state index in [1.807, 2.05) is 26.8 Å². The first-order valence-corrected chi connectivity index (χ1v) is 6.33. The van der Waals surface area contributed by atoms with E-state index in [9.17, 15) is 4.39 Å². The zero-order valence-corrected chi connectivity index (χ0v) is 13.2. The molecular formula is C18H20F2O2. The van der Waals surface area contributed by atoms with E-state index in [1.54, 1.807) is 19.1 Å². The lowest BCUT2D eigenvalue weighted by atomic mass is 10.2. The number of halogens is 2. The number of rotatable bonds is 2. The van der Waals surface area contributed by atoms with Crippen LogP contribution in [0.2, 0.25) is 0 Å². The van der Waals surface area contributed by atoms with Gasteiger partial charge in [-0.1, -0.05) is 18.1 Å². The molecule has 1 aromatic rings. The minimum atomic E-state index is -0.213. The summed E-state index contributed by atoms with van der Waals surface area (Å²) >= 11 is 0. The van der Waals surface area contributed by atoms with Gasteiger partial charge in [0.15, 0.2) is 0 Å². The molecule has 0 unspecified atom stereocenters. The van der Waals surface area contributed by atoms with Crippen molar-refractivity contribution in [1.82, 2.24) is 0 Å². The molecule has 1 aromatic carbocycles. The fourth-order valence-electron chi connectivity index (χ4n) is 1.08. The van der Waals surface area contributed by atoms with Crippen molar-refractivity contribution in [2.24, 2.45) is 0 Å². The van der Waals surface area contributed by atoms with Crippen LogP contribution in [0.15, 0.2) is 24.3 Å². The molecule has 0 heterocycles. The van der Waals surface area contributed by atoms with Gasteiger partial charge in [-0.05, 0) is 57.2 Å². The van der Waals surface area contributed by atoms with Gasteiger partial charge in [-0.15, -0.1) is 0 Å². The molecule has 0 saturated carbocycles. The lowest BCUT2D eigenvalue weighted by Crippen LogP contribution is -2.18. The van der Waals surface area contributed by atoms with Crippen molar-refractivity contribution in [2.45, 2.75) is 39.9 Å². The molecule has 0 radical (unpaired) electrons. The second kappa shape index (κ2) is 12.3. The van der Waals surface area contributed by atoms with E-state index in [2.05, 4.69) is 29.6 Å². The molecule has 0 bridgehead atoms. The Hall–Kier alpha value is -2.48. The topological polar surface area (TPSA) is 29.5 Å². The first-order chi connectivity index (χ1) is 9.89. The Labute approximate surface area is 131 Å². The molecule has 0 spiro atoms. The van der Waals surface area contributed by atoms with Crippen LogP contribution in [0.25, 0.3) is 0 Å². The number of aliphatic hydroxyl groups excluding tert-OH is 1. The number of hydrogen-bond donors (Lipinski definition) is 1. The van der Waals surface area contributed by atoms with E-state index in [0.29, 0.717) is 6.61 Å². The molecule has 118 valence electrons. The monoisotopic (exact) mass is 306 g/mol. The molecule has 1 rings (SSSR count). The Bertz CT molecular complexity index is 588. The minimum Gasteiger partial charge on any atom is -0.461 e. The van der Waals surface area contributed by atoms with Gasteiger partial charge in [0, 0.05) is 11.8 Å². The van der Waals surface area contributed by atoms with Gasteiger partial charge in [-0.3, -0.25) is 4.70 Å². The highest BCUT2D eigenvalue weighted by molar-refractivity contribution is 5.34. The highest BCUT2D eigenvalue weighted by Crippen LogP contribution is 2.12. The number of hydrogen-bond acceptors (Lipinski definition) is 2. The van der Waals surface area contributed by atoms with Crippen molar-refractivity contribution in [2.75, 3.05) is 0 Å². The molecule has 2 nitrogen and oxygen atoms in total. The van der Waals surface area contributed by atoms with Gasteiger partial charge < -0.3 is 9.84 Å². The summed E-state index contributed by atoms with van der Waals surface area (Å²) in [5.41, 5.74) is 0.696. The Morgan fingerprint density at radius 3 is 2.27 bits per heavy atom. The lowest BCUT2D eigenvalue weighted by molar-refractivity contribution is -0.0150. The molecule has 0 aliphatic heterocycles. The van der Waals surface area contributed by atoms with Crippen LogP contribution >= 0.6 is 0 Å². The summed E-state index contributed by atoms with van der Waals surface area (Å²) in [4.78, 5) is 0. The molecule has 0 aromatic heterocycles. The molecule has 0 fully saturated rings. The van der Waals surface area contributed by atoms with Crippen molar-refractivity contribution in [3.63, 3.8) is 0 Å².